The van der Waals surface area contributed by atoms with E-state index < -0.39 is 15.7 Å². The van der Waals surface area contributed by atoms with Crippen molar-refractivity contribution in [2.24, 2.45) is 0 Å². The van der Waals surface area contributed by atoms with Crippen LogP contribution in [0.2, 0.25) is 0 Å². The van der Waals surface area contributed by atoms with E-state index in [-0.39, 0.29) is 34.1 Å². The fraction of sp³-hybridized carbons (Fsp3) is 0.286. The number of thiazole rings is 1. The molecule has 3 rings (SSSR count). The molecule has 9 nitrogen and oxygen atoms in total. The van der Waals surface area contributed by atoms with Crippen molar-refractivity contribution in [3.63, 3.8) is 0 Å². The van der Waals surface area contributed by atoms with Gasteiger partial charge in [-0.05, 0) is 31.2 Å². The van der Waals surface area contributed by atoms with Crippen LogP contribution in [-0.2, 0) is 14.6 Å². The Morgan fingerprint density at radius 3 is 2.53 bits per heavy atom. The Labute approximate surface area is 190 Å². The second-order valence-electron chi connectivity index (χ2n) is 6.68. The number of carbonyl (C=O) groups is 1. The number of anilines is 1. The van der Waals surface area contributed by atoms with E-state index in [0.717, 1.165) is 0 Å². The summed E-state index contributed by atoms with van der Waals surface area (Å²) in [6.07, 6.45) is 1.28. The summed E-state index contributed by atoms with van der Waals surface area (Å²) >= 11 is 1.29. The largest absolute Gasteiger partial charge is 0.472 e. The first kappa shape index (κ1) is 23.6. The number of sulfone groups is 1. The molecule has 32 heavy (non-hydrogen) atoms. The number of rotatable bonds is 10. The van der Waals surface area contributed by atoms with Gasteiger partial charge in [-0.15, -0.1) is 11.3 Å². The molecule has 0 unspecified atom stereocenters. The molecule has 1 aromatic carbocycles. The zero-order valence-electron chi connectivity index (χ0n) is 17.8. The second kappa shape index (κ2) is 10.5. The first-order valence-electron chi connectivity index (χ1n) is 9.70. The Morgan fingerprint density at radius 1 is 1.19 bits per heavy atom. The SMILES string of the molecule is CCS(=O)(=O)c1ccc(Oc2cc(C(=O)Nc3nccs3)cc(O[C@H](C)COC)n2)cc1. The van der Waals surface area contributed by atoms with Gasteiger partial charge in [-0.1, -0.05) is 6.92 Å². The number of methoxy groups -OCH3 is 1. The first-order valence-corrected chi connectivity index (χ1v) is 12.2. The number of ether oxygens (including phenoxy) is 3. The molecule has 0 fully saturated rings. The van der Waals surface area contributed by atoms with E-state index in [2.05, 4.69) is 15.3 Å². The Hall–Kier alpha value is -3.02. The highest BCUT2D eigenvalue weighted by atomic mass is 32.2. The van der Waals surface area contributed by atoms with Gasteiger partial charge in [0.25, 0.3) is 5.91 Å². The molecule has 0 aliphatic rings. The number of hydrogen-bond donors (Lipinski definition) is 1. The summed E-state index contributed by atoms with van der Waals surface area (Å²) in [6.45, 7) is 3.72. The minimum atomic E-state index is -3.32. The van der Waals surface area contributed by atoms with E-state index >= 15 is 0 Å². The average molecular weight is 478 g/mol. The van der Waals surface area contributed by atoms with Gasteiger partial charge in [0, 0.05) is 30.8 Å². The third-order valence-electron chi connectivity index (χ3n) is 4.20. The predicted molar refractivity (Wildman–Crippen MR) is 121 cm³/mol. The van der Waals surface area contributed by atoms with Gasteiger partial charge < -0.3 is 14.2 Å². The molecule has 0 aliphatic heterocycles. The number of aromatic nitrogens is 2. The first-order chi connectivity index (χ1) is 15.3. The molecule has 0 saturated carbocycles. The van der Waals surface area contributed by atoms with Gasteiger partial charge in [0.15, 0.2) is 15.0 Å². The summed E-state index contributed by atoms with van der Waals surface area (Å²) in [5.41, 5.74) is 0.259. The summed E-state index contributed by atoms with van der Waals surface area (Å²) in [4.78, 5) is 21.2. The van der Waals surface area contributed by atoms with Crippen LogP contribution in [0, 0.1) is 0 Å². The average Bonchev–Trinajstić information content (AvgIpc) is 3.27. The van der Waals surface area contributed by atoms with Gasteiger partial charge in [0.05, 0.1) is 22.8 Å². The summed E-state index contributed by atoms with van der Waals surface area (Å²) in [6, 6.07) is 8.95. The monoisotopic (exact) mass is 477 g/mol. The van der Waals surface area contributed by atoms with Crippen LogP contribution < -0.4 is 14.8 Å². The fourth-order valence-corrected chi connectivity index (χ4v) is 4.06. The van der Waals surface area contributed by atoms with E-state index in [1.54, 1.807) is 32.5 Å². The Kier molecular flexibility index (Phi) is 7.78. The molecule has 0 bridgehead atoms. The topological polar surface area (TPSA) is 117 Å². The molecule has 0 aliphatic carbocycles. The zero-order valence-corrected chi connectivity index (χ0v) is 19.4. The highest BCUT2D eigenvalue weighted by Crippen LogP contribution is 2.26. The quantitative estimate of drug-likeness (QED) is 0.469. The number of hydrogen-bond acceptors (Lipinski definition) is 9. The Balaban J connectivity index is 1.87. The van der Waals surface area contributed by atoms with Crippen LogP contribution in [0.3, 0.4) is 0 Å². The van der Waals surface area contributed by atoms with E-state index in [4.69, 9.17) is 14.2 Å². The molecule has 0 spiro atoms. The number of amides is 1. The van der Waals surface area contributed by atoms with Crippen LogP contribution >= 0.6 is 11.3 Å². The molecular weight excluding hydrogens is 454 g/mol. The predicted octanol–water partition coefficient (Wildman–Crippen LogP) is 3.79. The summed E-state index contributed by atoms with van der Waals surface area (Å²) in [5.74, 6) is 0.261. The summed E-state index contributed by atoms with van der Waals surface area (Å²) < 4.78 is 40.6. The van der Waals surface area contributed by atoms with Gasteiger partial charge in [0.2, 0.25) is 11.8 Å². The van der Waals surface area contributed by atoms with Crippen LogP contribution in [0.25, 0.3) is 0 Å². The van der Waals surface area contributed by atoms with Crippen LogP contribution in [-0.4, -0.2) is 49.9 Å². The normalized spacial score (nSPS) is 12.2. The van der Waals surface area contributed by atoms with Crippen LogP contribution in [0.1, 0.15) is 24.2 Å². The van der Waals surface area contributed by atoms with E-state index in [1.807, 2.05) is 0 Å². The maximum Gasteiger partial charge on any atom is 0.257 e. The van der Waals surface area contributed by atoms with Crippen molar-refractivity contribution in [3.05, 3.63) is 53.5 Å². The molecule has 0 saturated heterocycles. The molecule has 1 N–H and O–H groups in total. The number of pyridine rings is 1. The standard InChI is InChI=1S/C21H23N3O6S2/c1-4-32(26,27)17-7-5-16(6-8-17)30-19-12-15(20(25)24-21-22-9-10-31-21)11-18(23-19)29-14(2)13-28-3/h5-12,14H,4,13H2,1-3H3,(H,22,24,25)/t14-/m1/s1. The molecule has 3 aromatic rings. The van der Waals surface area contributed by atoms with Gasteiger partial charge in [-0.2, -0.15) is 4.98 Å². The van der Waals surface area contributed by atoms with E-state index in [0.29, 0.717) is 17.5 Å². The van der Waals surface area contributed by atoms with Crippen molar-refractivity contribution >= 4 is 32.2 Å². The smallest absolute Gasteiger partial charge is 0.257 e. The molecule has 2 heterocycles. The fourth-order valence-electron chi connectivity index (χ4n) is 2.66. The lowest BCUT2D eigenvalue weighted by Gasteiger charge is -2.15. The maximum absolute atomic E-state index is 12.7. The number of benzene rings is 1. The van der Waals surface area contributed by atoms with E-state index in [1.165, 1.54) is 47.7 Å². The van der Waals surface area contributed by atoms with Crippen LogP contribution in [0.5, 0.6) is 17.5 Å². The zero-order chi connectivity index (χ0) is 23.1. The highest BCUT2D eigenvalue weighted by Gasteiger charge is 2.16. The molecule has 1 amide bonds. The second-order valence-corrected chi connectivity index (χ2v) is 9.86. The van der Waals surface area contributed by atoms with E-state index in [9.17, 15) is 13.2 Å². The summed E-state index contributed by atoms with van der Waals surface area (Å²) in [7, 11) is -1.76. The molecule has 0 radical (unpaired) electrons. The minimum Gasteiger partial charge on any atom is -0.472 e. The van der Waals surface area contributed by atoms with Gasteiger partial charge >= 0.3 is 0 Å². The molecular formula is C21H23N3O6S2. The molecule has 11 heteroatoms. The maximum atomic E-state index is 12.7. The lowest BCUT2D eigenvalue weighted by molar-refractivity contribution is 0.0882. The number of nitrogens with one attached hydrogen (secondary N) is 1. The van der Waals surface area contributed by atoms with Crippen LogP contribution in [0.4, 0.5) is 5.13 Å². The minimum absolute atomic E-state index is 0.00533. The van der Waals surface area contributed by atoms with Gasteiger partial charge in [-0.3, -0.25) is 10.1 Å². The Morgan fingerprint density at radius 2 is 1.91 bits per heavy atom. The lowest BCUT2D eigenvalue weighted by atomic mass is 10.2. The highest BCUT2D eigenvalue weighted by molar-refractivity contribution is 7.91. The molecule has 1 atom stereocenters. The number of nitrogens with zero attached hydrogens (tertiary/aromatic N) is 2. The van der Waals surface area contributed by atoms with Crippen LogP contribution in [0.15, 0.2) is 52.9 Å². The third kappa shape index (κ3) is 6.25. The lowest BCUT2D eigenvalue weighted by Crippen LogP contribution is -2.19. The van der Waals surface area contributed by atoms with Crippen molar-refractivity contribution in [3.8, 4) is 17.5 Å². The van der Waals surface area contributed by atoms with Gasteiger partial charge in [0.1, 0.15) is 11.9 Å². The number of carbonyl (C=O) groups excluding carboxylic acids is 1. The van der Waals surface area contributed by atoms with Crippen molar-refractivity contribution in [2.45, 2.75) is 24.8 Å². The van der Waals surface area contributed by atoms with Crippen molar-refractivity contribution < 1.29 is 27.4 Å². The Bertz CT molecular complexity index is 1150. The van der Waals surface area contributed by atoms with Gasteiger partial charge in [-0.25, -0.2) is 13.4 Å². The molecule has 2 aromatic heterocycles. The van der Waals surface area contributed by atoms with Crippen molar-refractivity contribution in [2.75, 3.05) is 24.8 Å². The third-order valence-corrected chi connectivity index (χ3v) is 6.64. The molecule has 170 valence electrons. The summed E-state index contributed by atoms with van der Waals surface area (Å²) in [5, 5.41) is 4.91. The van der Waals surface area contributed by atoms with Crippen molar-refractivity contribution in [1.82, 2.24) is 9.97 Å². The van der Waals surface area contributed by atoms with Crippen molar-refractivity contribution in [1.29, 1.82) is 0 Å².